The lowest BCUT2D eigenvalue weighted by atomic mass is 9.77. The highest BCUT2D eigenvalue weighted by Crippen LogP contribution is 2.44. The molecule has 10 heteroatoms. The number of ketones is 1. The number of aliphatic hydroxyl groups is 1. The third-order valence-corrected chi connectivity index (χ3v) is 4.70. The summed E-state index contributed by atoms with van der Waals surface area (Å²) in [5.41, 5.74) is -3.97. The predicted octanol–water partition coefficient (Wildman–Crippen LogP) is 3.58. The number of halogens is 5. The molecule has 1 fully saturated rings. The van der Waals surface area contributed by atoms with Gasteiger partial charge in [0.15, 0.2) is 5.78 Å². The zero-order chi connectivity index (χ0) is 20.7. The van der Waals surface area contributed by atoms with Crippen LogP contribution in [0.2, 0.25) is 5.02 Å². The smallest absolute Gasteiger partial charge is 0.363 e. The molecular weight excluding hydrogens is 404 g/mol. The lowest BCUT2D eigenvalue weighted by Gasteiger charge is -2.45. The highest BCUT2D eigenvalue weighted by molar-refractivity contribution is 6.30. The molecule has 0 aliphatic carbocycles. The van der Waals surface area contributed by atoms with Crippen LogP contribution in [-0.4, -0.2) is 28.8 Å². The number of urea groups is 1. The molecule has 2 amide bonds. The average Bonchev–Trinajstić information content (AvgIpc) is 2.61. The summed E-state index contributed by atoms with van der Waals surface area (Å²) < 4.78 is 54.4. The standard InChI is InChI=1S/C18H13ClF4N2O3/c19-11-5-1-10(2-6-11)15(26)13-14(9-3-7-12(20)8-4-9)24-16(27)25-17(13,28)18(21,22)23/h1-8,13-14,28H,(H2,24,25,27)/t13-,14+,17-/m1/s1. The predicted molar refractivity (Wildman–Crippen MR) is 91.1 cm³/mol. The van der Waals surface area contributed by atoms with Crippen LogP contribution in [0.5, 0.6) is 0 Å². The molecule has 1 heterocycles. The summed E-state index contributed by atoms with van der Waals surface area (Å²) in [6.45, 7) is 0. The minimum atomic E-state index is -5.37. The van der Waals surface area contributed by atoms with Crippen LogP contribution in [0.25, 0.3) is 0 Å². The van der Waals surface area contributed by atoms with E-state index in [2.05, 4.69) is 5.32 Å². The molecule has 3 rings (SSSR count). The number of hydrogen-bond donors (Lipinski definition) is 3. The second kappa shape index (κ2) is 7.06. The Kier molecular flexibility index (Phi) is 5.07. The van der Waals surface area contributed by atoms with E-state index in [-0.39, 0.29) is 16.1 Å². The van der Waals surface area contributed by atoms with E-state index >= 15 is 0 Å². The first kappa shape index (κ1) is 20.1. The lowest BCUT2D eigenvalue weighted by Crippen LogP contribution is -2.72. The number of carbonyl (C=O) groups is 2. The van der Waals surface area contributed by atoms with E-state index in [1.165, 1.54) is 29.6 Å². The fourth-order valence-corrected chi connectivity index (χ4v) is 3.21. The summed E-state index contributed by atoms with van der Waals surface area (Å²) in [6, 6.07) is 6.35. The number of Topliss-reactive ketones (excluding diaryl/α,β-unsaturated/α-hetero) is 1. The van der Waals surface area contributed by atoms with Crippen molar-refractivity contribution in [2.75, 3.05) is 0 Å². The Balaban J connectivity index is 2.15. The summed E-state index contributed by atoms with van der Waals surface area (Å²) in [7, 11) is 0. The maximum atomic E-state index is 13.7. The van der Waals surface area contributed by atoms with Gasteiger partial charge < -0.3 is 15.7 Å². The summed E-state index contributed by atoms with van der Waals surface area (Å²) in [5, 5.41) is 14.3. The van der Waals surface area contributed by atoms with Gasteiger partial charge in [-0.15, -0.1) is 0 Å². The molecule has 0 radical (unpaired) electrons. The zero-order valence-electron chi connectivity index (χ0n) is 13.9. The van der Waals surface area contributed by atoms with Crippen molar-refractivity contribution in [2.45, 2.75) is 17.9 Å². The van der Waals surface area contributed by atoms with Crippen molar-refractivity contribution in [1.82, 2.24) is 10.6 Å². The van der Waals surface area contributed by atoms with Gasteiger partial charge in [-0.1, -0.05) is 23.7 Å². The number of nitrogens with one attached hydrogen (secondary N) is 2. The van der Waals surface area contributed by atoms with Crippen LogP contribution in [0.4, 0.5) is 22.4 Å². The van der Waals surface area contributed by atoms with Gasteiger partial charge in [0.25, 0.3) is 0 Å². The maximum Gasteiger partial charge on any atom is 0.437 e. The molecule has 3 N–H and O–H groups in total. The van der Waals surface area contributed by atoms with Gasteiger partial charge in [-0.2, -0.15) is 13.2 Å². The van der Waals surface area contributed by atoms with Crippen LogP contribution >= 0.6 is 11.6 Å². The van der Waals surface area contributed by atoms with Gasteiger partial charge in [-0.25, -0.2) is 9.18 Å². The summed E-state index contributed by atoms with van der Waals surface area (Å²) in [5.74, 6) is -3.93. The molecule has 5 nitrogen and oxygen atoms in total. The first-order chi connectivity index (χ1) is 13.0. The van der Waals surface area contributed by atoms with Crippen LogP contribution in [0, 0.1) is 11.7 Å². The Morgan fingerprint density at radius 2 is 1.64 bits per heavy atom. The van der Waals surface area contributed by atoms with Crippen LogP contribution in [0.1, 0.15) is 22.0 Å². The molecule has 0 unspecified atom stereocenters. The SMILES string of the molecule is O=C1N[C@@H](c2ccc(F)cc2)[C@H](C(=O)c2ccc(Cl)cc2)[C@@](O)(C(F)(F)F)N1. The van der Waals surface area contributed by atoms with Crippen LogP contribution in [0.15, 0.2) is 48.5 Å². The second-order valence-corrected chi connectivity index (χ2v) is 6.68. The maximum absolute atomic E-state index is 13.7. The third-order valence-electron chi connectivity index (χ3n) is 4.45. The van der Waals surface area contributed by atoms with Crippen molar-refractivity contribution in [1.29, 1.82) is 0 Å². The average molecular weight is 417 g/mol. The van der Waals surface area contributed by atoms with E-state index in [0.717, 1.165) is 24.3 Å². The molecule has 0 aromatic heterocycles. The number of rotatable bonds is 3. The fourth-order valence-electron chi connectivity index (χ4n) is 3.08. The molecule has 1 saturated heterocycles. The van der Waals surface area contributed by atoms with E-state index < -0.39 is 41.5 Å². The van der Waals surface area contributed by atoms with Gasteiger partial charge in [0.05, 0.1) is 6.04 Å². The third kappa shape index (κ3) is 3.55. The molecule has 2 aromatic carbocycles. The van der Waals surface area contributed by atoms with E-state index in [0.29, 0.717) is 0 Å². The molecule has 0 bridgehead atoms. The van der Waals surface area contributed by atoms with Crippen molar-refractivity contribution in [3.05, 3.63) is 70.5 Å². The van der Waals surface area contributed by atoms with Gasteiger partial charge in [0.2, 0.25) is 5.72 Å². The lowest BCUT2D eigenvalue weighted by molar-refractivity contribution is -0.287. The molecular formula is C18H13ClF4N2O3. The van der Waals surface area contributed by atoms with Crippen LogP contribution in [0.3, 0.4) is 0 Å². The van der Waals surface area contributed by atoms with E-state index in [1.54, 1.807) is 0 Å². The van der Waals surface area contributed by atoms with E-state index in [4.69, 9.17) is 11.6 Å². The number of carbonyl (C=O) groups excluding carboxylic acids is 2. The Morgan fingerprint density at radius 1 is 1.07 bits per heavy atom. The van der Waals surface area contributed by atoms with E-state index in [1.807, 2.05) is 0 Å². The van der Waals surface area contributed by atoms with Gasteiger partial charge in [0.1, 0.15) is 11.7 Å². The molecule has 1 aliphatic rings. The Bertz CT molecular complexity index is 903. The Labute approximate surface area is 161 Å². The first-order valence-electron chi connectivity index (χ1n) is 7.96. The van der Waals surface area contributed by atoms with Crippen molar-refractivity contribution >= 4 is 23.4 Å². The number of alkyl halides is 3. The Hall–Kier alpha value is -2.65. The summed E-state index contributed by atoms with van der Waals surface area (Å²) >= 11 is 5.74. The summed E-state index contributed by atoms with van der Waals surface area (Å²) in [6.07, 6.45) is -5.37. The minimum Gasteiger partial charge on any atom is -0.363 e. The minimum absolute atomic E-state index is 0.0197. The zero-order valence-corrected chi connectivity index (χ0v) is 14.7. The normalized spacial score (nSPS) is 25.0. The van der Waals surface area contributed by atoms with Gasteiger partial charge in [-0.3, -0.25) is 4.79 Å². The van der Waals surface area contributed by atoms with Gasteiger partial charge in [-0.05, 0) is 42.0 Å². The Morgan fingerprint density at radius 3 is 2.18 bits per heavy atom. The quantitative estimate of drug-likeness (QED) is 0.528. The number of hydrogen-bond acceptors (Lipinski definition) is 3. The molecule has 0 saturated carbocycles. The molecule has 3 atom stereocenters. The number of amides is 2. The molecule has 0 spiro atoms. The highest BCUT2D eigenvalue weighted by atomic mass is 35.5. The first-order valence-corrected chi connectivity index (χ1v) is 8.34. The molecule has 2 aromatic rings. The van der Waals surface area contributed by atoms with Crippen LogP contribution < -0.4 is 10.6 Å². The largest absolute Gasteiger partial charge is 0.437 e. The van der Waals surface area contributed by atoms with Crippen molar-refractivity contribution in [3.8, 4) is 0 Å². The highest BCUT2D eigenvalue weighted by Gasteiger charge is 2.66. The van der Waals surface area contributed by atoms with Crippen LogP contribution in [-0.2, 0) is 0 Å². The van der Waals surface area contributed by atoms with Crippen molar-refractivity contribution in [2.24, 2.45) is 5.92 Å². The summed E-state index contributed by atoms with van der Waals surface area (Å²) in [4.78, 5) is 24.8. The van der Waals surface area contributed by atoms with E-state index in [9.17, 15) is 32.3 Å². The van der Waals surface area contributed by atoms with Gasteiger partial charge in [0, 0.05) is 10.6 Å². The fraction of sp³-hybridized carbons (Fsp3) is 0.222. The number of benzene rings is 2. The molecule has 28 heavy (non-hydrogen) atoms. The molecule has 148 valence electrons. The van der Waals surface area contributed by atoms with Crippen molar-refractivity contribution in [3.63, 3.8) is 0 Å². The van der Waals surface area contributed by atoms with Gasteiger partial charge >= 0.3 is 12.2 Å². The topological polar surface area (TPSA) is 78.4 Å². The van der Waals surface area contributed by atoms with Crippen molar-refractivity contribution < 1.29 is 32.3 Å². The monoisotopic (exact) mass is 416 g/mol. The second-order valence-electron chi connectivity index (χ2n) is 6.24. The molecule has 1 aliphatic heterocycles.